The summed E-state index contributed by atoms with van der Waals surface area (Å²) in [4.78, 5) is 14.8. The van der Waals surface area contributed by atoms with Gasteiger partial charge in [0.15, 0.2) is 0 Å². The zero-order valence-electron chi connectivity index (χ0n) is 13.5. The van der Waals surface area contributed by atoms with E-state index < -0.39 is 4.92 Å². The van der Waals surface area contributed by atoms with Gasteiger partial charge >= 0.3 is 0 Å². The van der Waals surface area contributed by atoms with Gasteiger partial charge in [-0.3, -0.25) is 15.1 Å². The molecule has 0 amide bonds. The summed E-state index contributed by atoms with van der Waals surface area (Å²) >= 11 is 0. The Labute approximate surface area is 140 Å². The third-order valence-electron chi connectivity index (χ3n) is 3.88. The van der Waals surface area contributed by atoms with Gasteiger partial charge in [0, 0.05) is 41.0 Å². The summed E-state index contributed by atoms with van der Waals surface area (Å²) in [6, 6.07) is 18.5. The first-order chi connectivity index (χ1) is 11.6. The average Bonchev–Trinajstić information content (AvgIpc) is 2.88. The van der Waals surface area contributed by atoms with E-state index in [9.17, 15) is 10.1 Å². The number of benzene rings is 2. The number of aryl methyl sites for hydroxylation is 1. The van der Waals surface area contributed by atoms with Gasteiger partial charge in [-0.2, -0.15) is 0 Å². The van der Waals surface area contributed by atoms with Crippen LogP contribution < -0.4 is 0 Å². The molecule has 0 fully saturated rings. The summed E-state index contributed by atoms with van der Waals surface area (Å²) in [7, 11) is 0. The maximum atomic E-state index is 10.8. The fourth-order valence-electron chi connectivity index (χ4n) is 2.72. The summed E-state index contributed by atoms with van der Waals surface area (Å²) in [5, 5.41) is 10.8. The quantitative estimate of drug-likeness (QED) is 0.396. The highest BCUT2D eigenvalue weighted by molar-refractivity contribution is 5.84. The third kappa shape index (κ3) is 3.10. The third-order valence-corrected chi connectivity index (χ3v) is 3.88. The maximum absolute atomic E-state index is 10.8. The van der Waals surface area contributed by atoms with Crippen LogP contribution >= 0.6 is 0 Å². The molecule has 120 valence electrons. The van der Waals surface area contributed by atoms with Crippen LogP contribution in [0, 0.1) is 24.0 Å². The van der Waals surface area contributed by atoms with Crippen LogP contribution in [-0.2, 0) is 0 Å². The first-order valence-electron chi connectivity index (χ1n) is 7.59. The van der Waals surface area contributed by atoms with E-state index >= 15 is 0 Å². The molecule has 0 unspecified atom stereocenters. The number of nitrogens with zero attached hydrogens (tertiary/aromatic N) is 3. The number of aromatic nitrogens is 1. The van der Waals surface area contributed by atoms with Gasteiger partial charge in [0.05, 0.1) is 10.6 Å². The number of hydrogen-bond donors (Lipinski definition) is 0. The molecule has 0 atom stereocenters. The van der Waals surface area contributed by atoms with Crippen molar-refractivity contribution in [2.24, 2.45) is 4.99 Å². The van der Waals surface area contributed by atoms with Crippen molar-refractivity contribution in [3.8, 4) is 5.69 Å². The van der Waals surface area contributed by atoms with Crippen LogP contribution in [-0.4, -0.2) is 15.7 Å². The zero-order valence-corrected chi connectivity index (χ0v) is 13.5. The summed E-state index contributed by atoms with van der Waals surface area (Å²) in [5.41, 5.74) is 4.88. The van der Waals surface area contributed by atoms with Crippen molar-refractivity contribution < 1.29 is 4.92 Å². The van der Waals surface area contributed by atoms with Gasteiger partial charge in [-0.05, 0) is 38.1 Å². The predicted molar refractivity (Wildman–Crippen MR) is 95.6 cm³/mol. The lowest BCUT2D eigenvalue weighted by molar-refractivity contribution is -0.384. The summed E-state index contributed by atoms with van der Waals surface area (Å²) in [6.07, 6.45) is 1.75. The first-order valence-corrected chi connectivity index (χ1v) is 7.59. The molecule has 0 radical (unpaired) electrons. The number of non-ortho nitro benzene ring substituents is 1. The highest BCUT2D eigenvalue weighted by Crippen LogP contribution is 2.22. The summed E-state index contributed by atoms with van der Waals surface area (Å²) in [6.45, 7) is 4.08. The van der Waals surface area contributed by atoms with E-state index in [4.69, 9.17) is 0 Å². The van der Waals surface area contributed by atoms with Gasteiger partial charge in [0.1, 0.15) is 0 Å². The topological polar surface area (TPSA) is 60.4 Å². The molecule has 0 aliphatic heterocycles. The molecule has 0 aliphatic carbocycles. The Morgan fingerprint density at radius 2 is 1.79 bits per heavy atom. The molecule has 0 saturated heterocycles. The number of rotatable bonds is 4. The van der Waals surface area contributed by atoms with Gasteiger partial charge in [-0.1, -0.05) is 24.3 Å². The first kappa shape index (κ1) is 15.7. The Balaban J connectivity index is 1.94. The lowest BCUT2D eigenvalue weighted by atomic mass is 10.2. The summed E-state index contributed by atoms with van der Waals surface area (Å²) < 4.78 is 2.16. The minimum atomic E-state index is -0.416. The minimum absolute atomic E-state index is 0.0411. The molecule has 1 heterocycles. The fourth-order valence-corrected chi connectivity index (χ4v) is 2.72. The molecule has 0 aliphatic rings. The van der Waals surface area contributed by atoms with Crippen LogP contribution in [0.25, 0.3) is 5.69 Å². The number of hydrogen-bond acceptors (Lipinski definition) is 3. The lowest BCUT2D eigenvalue weighted by Crippen LogP contribution is -1.98. The van der Waals surface area contributed by atoms with Crippen molar-refractivity contribution in [1.29, 1.82) is 0 Å². The lowest BCUT2D eigenvalue weighted by Gasteiger charge is -2.08. The minimum Gasteiger partial charge on any atom is -0.318 e. The smallest absolute Gasteiger partial charge is 0.271 e. The molecular weight excluding hydrogens is 302 g/mol. The summed E-state index contributed by atoms with van der Waals surface area (Å²) in [5.74, 6) is 0. The molecule has 0 spiro atoms. The van der Waals surface area contributed by atoms with Crippen molar-refractivity contribution in [1.82, 2.24) is 4.57 Å². The van der Waals surface area contributed by atoms with E-state index in [1.807, 2.05) is 32.0 Å². The van der Waals surface area contributed by atoms with Crippen molar-refractivity contribution >= 4 is 17.6 Å². The highest BCUT2D eigenvalue weighted by Gasteiger charge is 2.09. The number of para-hydroxylation sites is 1. The van der Waals surface area contributed by atoms with Gasteiger partial charge in [-0.25, -0.2) is 0 Å². The monoisotopic (exact) mass is 319 g/mol. The Morgan fingerprint density at radius 1 is 1.04 bits per heavy atom. The molecule has 5 heteroatoms. The van der Waals surface area contributed by atoms with Crippen molar-refractivity contribution in [3.63, 3.8) is 0 Å². The highest BCUT2D eigenvalue weighted by atomic mass is 16.6. The molecule has 3 aromatic rings. The van der Waals surface area contributed by atoms with E-state index in [0.29, 0.717) is 5.69 Å². The van der Waals surface area contributed by atoms with E-state index in [0.717, 1.165) is 22.6 Å². The molecule has 2 aromatic carbocycles. The molecule has 5 nitrogen and oxygen atoms in total. The standard InChI is InChI=1S/C19H17N3O2/c1-14-11-16(15(2)21(14)18-8-4-3-5-9-18)13-20-17-7-6-10-19(12-17)22(23)24/h3-13H,1-2H3. The van der Waals surface area contributed by atoms with Crippen molar-refractivity contribution in [3.05, 3.63) is 87.7 Å². The van der Waals surface area contributed by atoms with Crippen LogP contribution in [0.5, 0.6) is 0 Å². The number of nitro groups is 1. The number of aliphatic imine (C=N–C) groups is 1. The Hall–Kier alpha value is -3.21. The van der Waals surface area contributed by atoms with E-state index in [-0.39, 0.29) is 5.69 Å². The molecule has 0 bridgehead atoms. The van der Waals surface area contributed by atoms with Gasteiger partial charge < -0.3 is 4.57 Å². The van der Waals surface area contributed by atoms with E-state index in [1.165, 1.54) is 12.1 Å². The zero-order chi connectivity index (χ0) is 17.1. The van der Waals surface area contributed by atoms with Crippen molar-refractivity contribution in [2.75, 3.05) is 0 Å². The Bertz CT molecular complexity index is 912. The molecule has 0 saturated carbocycles. The van der Waals surface area contributed by atoms with Crippen LogP contribution in [0.15, 0.2) is 65.7 Å². The van der Waals surface area contributed by atoms with E-state index in [2.05, 4.69) is 27.8 Å². The van der Waals surface area contributed by atoms with Crippen LogP contribution in [0.3, 0.4) is 0 Å². The van der Waals surface area contributed by atoms with Crippen molar-refractivity contribution in [2.45, 2.75) is 13.8 Å². The molecule has 0 N–H and O–H groups in total. The molecule has 24 heavy (non-hydrogen) atoms. The SMILES string of the molecule is Cc1cc(C=Nc2cccc([N+](=O)[O-])c2)c(C)n1-c1ccccc1. The van der Waals surface area contributed by atoms with E-state index in [1.54, 1.807) is 18.3 Å². The number of nitro benzene ring substituents is 1. The van der Waals surface area contributed by atoms with Gasteiger partial charge in [0.2, 0.25) is 0 Å². The van der Waals surface area contributed by atoms with Crippen LogP contribution in [0.2, 0.25) is 0 Å². The molecule has 3 rings (SSSR count). The normalized spacial score (nSPS) is 11.1. The Morgan fingerprint density at radius 3 is 2.50 bits per heavy atom. The van der Waals surface area contributed by atoms with Crippen LogP contribution in [0.1, 0.15) is 17.0 Å². The van der Waals surface area contributed by atoms with Gasteiger partial charge in [0.25, 0.3) is 5.69 Å². The maximum Gasteiger partial charge on any atom is 0.271 e. The second-order valence-corrected chi connectivity index (χ2v) is 5.53. The largest absolute Gasteiger partial charge is 0.318 e. The Kier molecular flexibility index (Phi) is 4.24. The second kappa shape index (κ2) is 6.50. The van der Waals surface area contributed by atoms with Crippen LogP contribution in [0.4, 0.5) is 11.4 Å². The fraction of sp³-hybridized carbons (Fsp3) is 0.105. The molecular formula is C19H17N3O2. The average molecular weight is 319 g/mol. The second-order valence-electron chi connectivity index (χ2n) is 5.53. The predicted octanol–water partition coefficient (Wildman–Crippen LogP) is 4.75. The molecule has 1 aromatic heterocycles. The van der Waals surface area contributed by atoms with Gasteiger partial charge in [-0.15, -0.1) is 0 Å².